The summed E-state index contributed by atoms with van der Waals surface area (Å²) in [7, 11) is 0. The lowest BCUT2D eigenvalue weighted by molar-refractivity contribution is 0.102. The lowest BCUT2D eigenvalue weighted by atomic mass is 10.2. The molecule has 0 bridgehead atoms. The van der Waals surface area contributed by atoms with Crippen molar-refractivity contribution in [2.75, 3.05) is 22.5 Å². The molecule has 0 atom stereocenters. The number of nitrogens with one attached hydrogen (secondary N) is 4. The molecule has 9 heteroatoms. The molecule has 0 radical (unpaired) electrons. The summed E-state index contributed by atoms with van der Waals surface area (Å²) in [5.74, 6) is -0.0154. The predicted molar refractivity (Wildman–Crippen MR) is 114 cm³/mol. The second-order valence-corrected chi connectivity index (χ2v) is 6.37. The summed E-state index contributed by atoms with van der Waals surface area (Å²) in [5.41, 5.74) is 2.09. The van der Waals surface area contributed by atoms with E-state index in [1.54, 1.807) is 42.6 Å². The van der Waals surface area contributed by atoms with Gasteiger partial charge in [-0.05, 0) is 37.3 Å². The molecule has 1 aromatic carbocycles. The largest absolute Gasteiger partial charge is 0.354 e. The van der Waals surface area contributed by atoms with Gasteiger partial charge >= 0.3 is 6.03 Å². The molecule has 8 nitrogen and oxygen atoms in total. The highest BCUT2D eigenvalue weighted by molar-refractivity contribution is 6.30. The zero-order valence-electron chi connectivity index (χ0n) is 15.6. The molecule has 0 saturated heterocycles. The van der Waals surface area contributed by atoms with E-state index in [4.69, 9.17) is 11.6 Å². The third kappa shape index (κ3) is 5.66. The third-order valence-electron chi connectivity index (χ3n) is 3.76. The molecule has 29 heavy (non-hydrogen) atoms. The SMILES string of the molecule is CCNC(=O)Nc1cc(Nc2cccc(Cl)c2)c(NC(=O)c2cccnc2)cn1. The second kappa shape index (κ2) is 9.52. The molecule has 0 aliphatic heterocycles. The molecular weight excluding hydrogens is 392 g/mol. The van der Waals surface area contributed by atoms with E-state index in [9.17, 15) is 9.59 Å². The topological polar surface area (TPSA) is 108 Å². The van der Waals surface area contributed by atoms with Crippen LogP contribution in [0.1, 0.15) is 17.3 Å². The van der Waals surface area contributed by atoms with Gasteiger partial charge in [0, 0.05) is 35.7 Å². The molecule has 4 N–H and O–H groups in total. The number of carbonyl (C=O) groups is 2. The molecule has 0 saturated carbocycles. The summed E-state index contributed by atoms with van der Waals surface area (Å²) >= 11 is 6.06. The summed E-state index contributed by atoms with van der Waals surface area (Å²) in [5, 5.41) is 11.8. The number of rotatable bonds is 6. The minimum absolute atomic E-state index is 0.319. The third-order valence-corrected chi connectivity index (χ3v) is 3.99. The number of halogens is 1. The van der Waals surface area contributed by atoms with Crippen LogP contribution < -0.4 is 21.3 Å². The van der Waals surface area contributed by atoms with Crippen LogP contribution >= 0.6 is 11.6 Å². The van der Waals surface area contributed by atoms with Gasteiger partial charge in [-0.25, -0.2) is 9.78 Å². The molecule has 0 aliphatic rings. The van der Waals surface area contributed by atoms with Crippen molar-refractivity contribution in [1.29, 1.82) is 0 Å². The Kier molecular flexibility index (Phi) is 6.59. The number of amides is 3. The first-order valence-electron chi connectivity index (χ1n) is 8.84. The van der Waals surface area contributed by atoms with Crippen molar-refractivity contribution in [2.24, 2.45) is 0 Å². The molecule has 148 valence electrons. The van der Waals surface area contributed by atoms with Crippen molar-refractivity contribution in [1.82, 2.24) is 15.3 Å². The van der Waals surface area contributed by atoms with E-state index in [0.29, 0.717) is 40.0 Å². The van der Waals surface area contributed by atoms with Crippen LogP contribution in [0.3, 0.4) is 0 Å². The van der Waals surface area contributed by atoms with E-state index in [1.165, 1.54) is 12.4 Å². The predicted octanol–water partition coefficient (Wildman–Crippen LogP) is 4.27. The summed E-state index contributed by atoms with van der Waals surface area (Å²) in [6.45, 7) is 2.30. The molecule has 3 rings (SSSR count). The maximum absolute atomic E-state index is 12.5. The monoisotopic (exact) mass is 410 g/mol. The number of urea groups is 1. The molecular formula is C20H19ClN6O2. The first-order valence-corrected chi connectivity index (χ1v) is 9.22. The van der Waals surface area contributed by atoms with Crippen LogP contribution in [0.5, 0.6) is 0 Å². The Hall–Kier alpha value is -3.65. The standard InChI is InChI=1S/C20H19ClN6O2/c1-2-23-20(29)27-18-10-16(25-15-7-3-6-14(21)9-15)17(12-24-18)26-19(28)13-5-4-8-22-11-13/h3-12H,2H2,1H3,(H,26,28)(H3,23,24,25,27,29). The maximum atomic E-state index is 12.5. The van der Waals surface area contributed by atoms with Crippen LogP contribution in [0.4, 0.5) is 27.7 Å². The number of carbonyl (C=O) groups excluding carboxylic acids is 2. The van der Waals surface area contributed by atoms with Crippen LogP contribution in [-0.4, -0.2) is 28.5 Å². The van der Waals surface area contributed by atoms with E-state index in [2.05, 4.69) is 31.2 Å². The van der Waals surface area contributed by atoms with Crippen molar-refractivity contribution in [3.63, 3.8) is 0 Å². The Bertz CT molecular complexity index is 1010. The zero-order valence-corrected chi connectivity index (χ0v) is 16.3. The summed E-state index contributed by atoms with van der Waals surface area (Å²) in [4.78, 5) is 32.5. The quantitative estimate of drug-likeness (QED) is 0.485. The fourth-order valence-electron chi connectivity index (χ4n) is 2.46. The highest BCUT2D eigenvalue weighted by Crippen LogP contribution is 2.29. The Morgan fingerprint density at radius 1 is 1.03 bits per heavy atom. The molecule has 2 heterocycles. The van der Waals surface area contributed by atoms with Gasteiger partial charge in [-0.2, -0.15) is 0 Å². The Morgan fingerprint density at radius 3 is 2.62 bits per heavy atom. The Balaban J connectivity index is 1.89. The first kappa shape index (κ1) is 20.1. The molecule has 0 aliphatic carbocycles. The van der Waals surface area contributed by atoms with Crippen molar-refractivity contribution >= 4 is 46.4 Å². The smallest absolute Gasteiger partial charge is 0.320 e. The molecule has 0 unspecified atom stereocenters. The van der Waals surface area contributed by atoms with Gasteiger partial charge in [-0.15, -0.1) is 0 Å². The van der Waals surface area contributed by atoms with E-state index in [-0.39, 0.29) is 11.9 Å². The number of anilines is 4. The zero-order chi connectivity index (χ0) is 20.6. The van der Waals surface area contributed by atoms with Gasteiger partial charge in [0.1, 0.15) is 5.82 Å². The first-order chi connectivity index (χ1) is 14.0. The van der Waals surface area contributed by atoms with Gasteiger partial charge in [-0.1, -0.05) is 17.7 Å². The number of benzene rings is 1. The number of nitrogens with zero attached hydrogens (tertiary/aromatic N) is 2. The maximum Gasteiger partial charge on any atom is 0.320 e. The van der Waals surface area contributed by atoms with Gasteiger partial charge in [0.25, 0.3) is 5.91 Å². The fraction of sp³-hybridized carbons (Fsp3) is 0.100. The lowest BCUT2D eigenvalue weighted by Crippen LogP contribution is -2.28. The van der Waals surface area contributed by atoms with E-state index in [0.717, 1.165) is 0 Å². The van der Waals surface area contributed by atoms with E-state index < -0.39 is 0 Å². The number of pyridine rings is 2. The van der Waals surface area contributed by atoms with Crippen LogP contribution in [0.15, 0.2) is 61.1 Å². The van der Waals surface area contributed by atoms with Crippen molar-refractivity contribution < 1.29 is 9.59 Å². The Morgan fingerprint density at radius 2 is 1.90 bits per heavy atom. The van der Waals surface area contributed by atoms with Gasteiger partial charge in [0.05, 0.1) is 23.1 Å². The van der Waals surface area contributed by atoms with Crippen molar-refractivity contribution in [3.8, 4) is 0 Å². The fourth-order valence-corrected chi connectivity index (χ4v) is 2.65. The van der Waals surface area contributed by atoms with Gasteiger partial charge in [0.2, 0.25) is 0 Å². The molecule has 0 fully saturated rings. The summed E-state index contributed by atoms with van der Waals surface area (Å²) in [6.07, 6.45) is 4.52. The van der Waals surface area contributed by atoms with Gasteiger partial charge < -0.3 is 16.0 Å². The van der Waals surface area contributed by atoms with Crippen LogP contribution in [-0.2, 0) is 0 Å². The average molecular weight is 411 g/mol. The van der Waals surface area contributed by atoms with E-state index >= 15 is 0 Å². The lowest BCUT2D eigenvalue weighted by Gasteiger charge is -2.15. The number of aromatic nitrogens is 2. The highest BCUT2D eigenvalue weighted by atomic mass is 35.5. The van der Waals surface area contributed by atoms with Crippen LogP contribution in [0.2, 0.25) is 5.02 Å². The minimum Gasteiger partial charge on any atom is -0.354 e. The molecule has 3 aromatic rings. The minimum atomic E-state index is -0.374. The average Bonchev–Trinajstić information content (AvgIpc) is 2.71. The van der Waals surface area contributed by atoms with Gasteiger partial charge in [-0.3, -0.25) is 15.1 Å². The Labute approximate surface area is 172 Å². The number of hydrogen-bond acceptors (Lipinski definition) is 5. The molecule has 2 aromatic heterocycles. The van der Waals surface area contributed by atoms with Crippen LogP contribution in [0, 0.1) is 0 Å². The summed E-state index contributed by atoms with van der Waals surface area (Å²) in [6, 6.07) is 11.7. The summed E-state index contributed by atoms with van der Waals surface area (Å²) < 4.78 is 0. The van der Waals surface area contributed by atoms with Crippen molar-refractivity contribution in [3.05, 3.63) is 71.6 Å². The normalized spacial score (nSPS) is 10.1. The number of hydrogen-bond donors (Lipinski definition) is 4. The second-order valence-electron chi connectivity index (χ2n) is 5.93. The molecule has 3 amide bonds. The van der Waals surface area contributed by atoms with Crippen LogP contribution in [0.25, 0.3) is 0 Å². The molecule has 0 spiro atoms. The van der Waals surface area contributed by atoms with E-state index in [1.807, 2.05) is 13.0 Å². The highest BCUT2D eigenvalue weighted by Gasteiger charge is 2.12. The van der Waals surface area contributed by atoms with Crippen molar-refractivity contribution in [2.45, 2.75) is 6.92 Å². The van der Waals surface area contributed by atoms with Gasteiger partial charge in [0.15, 0.2) is 0 Å².